The summed E-state index contributed by atoms with van der Waals surface area (Å²) in [6.45, 7) is 19.2. The molecule has 0 aromatic heterocycles. The first-order chi connectivity index (χ1) is 12.2. The first-order valence-corrected chi connectivity index (χ1v) is 10.7. The highest BCUT2D eigenvalue weighted by atomic mass is 15.3. The molecule has 2 aliphatic rings. The van der Waals surface area contributed by atoms with Gasteiger partial charge in [-0.05, 0) is 58.3 Å². The minimum Gasteiger partial charge on any atom is -0.357 e. The molecule has 25 heavy (non-hydrogen) atoms. The average Bonchev–Trinajstić information content (AvgIpc) is 3.11. The Kier molecular flexibility index (Phi) is 9.04. The van der Waals surface area contributed by atoms with Crippen molar-refractivity contribution in [3.8, 4) is 0 Å². The van der Waals surface area contributed by atoms with Crippen LogP contribution < -0.4 is 5.32 Å². The summed E-state index contributed by atoms with van der Waals surface area (Å²) in [5, 5.41) is 3.54. The van der Waals surface area contributed by atoms with Gasteiger partial charge in [0.15, 0.2) is 5.96 Å². The van der Waals surface area contributed by atoms with Gasteiger partial charge in [-0.1, -0.05) is 27.2 Å². The molecule has 2 rings (SSSR count). The Morgan fingerprint density at radius 1 is 1.08 bits per heavy atom. The van der Waals surface area contributed by atoms with Gasteiger partial charge >= 0.3 is 0 Å². The number of nitrogens with one attached hydrogen (secondary N) is 1. The van der Waals surface area contributed by atoms with Crippen LogP contribution in [0.25, 0.3) is 0 Å². The molecular formula is C20H41N5. The van der Waals surface area contributed by atoms with Gasteiger partial charge in [-0.2, -0.15) is 0 Å². The SMILES string of the molecule is CCNC(=NCC1CCCCN1CC)N1CCC(CN(CC)CC)C1. The Hall–Kier alpha value is -0.810. The third-order valence-corrected chi connectivity index (χ3v) is 5.94. The summed E-state index contributed by atoms with van der Waals surface area (Å²) in [5.74, 6) is 1.93. The molecule has 0 aliphatic carbocycles. The molecule has 2 unspecified atom stereocenters. The van der Waals surface area contributed by atoms with E-state index >= 15 is 0 Å². The minimum absolute atomic E-state index is 0.640. The summed E-state index contributed by atoms with van der Waals surface area (Å²) in [7, 11) is 0. The maximum absolute atomic E-state index is 5.05. The fraction of sp³-hybridized carbons (Fsp3) is 0.950. The molecule has 5 nitrogen and oxygen atoms in total. The van der Waals surface area contributed by atoms with Crippen molar-refractivity contribution in [3.63, 3.8) is 0 Å². The Balaban J connectivity index is 1.91. The van der Waals surface area contributed by atoms with Crippen molar-refractivity contribution in [1.29, 1.82) is 0 Å². The van der Waals surface area contributed by atoms with Gasteiger partial charge in [-0.15, -0.1) is 0 Å². The van der Waals surface area contributed by atoms with E-state index in [1.165, 1.54) is 38.8 Å². The lowest BCUT2D eigenvalue weighted by molar-refractivity contribution is 0.161. The molecule has 5 heteroatoms. The monoisotopic (exact) mass is 351 g/mol. The van der Waals surface area contributed by atoms with Gasteiger partial charge in [0.1, 0.15) is 0 Å². The first kappa shape index (κ1) is 20.5. The first-order valence-electron chi connectivity index (χ1n) is 10.7. The fourth-order valence-corrected chi connectivity index (χ4v) is 4.32. The summed E-state index contributed by atoms with van der Waals surface area (Å²) in [6, 6.07) is 0.640. The molecule has 146 valence electrons. The summed E-state index contributed by atoms with van der Waals surface area (Å²) >= 11 is 0. The number of aliphatic imine (C=N–C) groups is 1. The lowest BCUT2D eigenvalue weighted by Gasteiger charge is -2.34. The normalized spacial score (nSPS) is 25.8. The lowest BCUT2D eigenvalue weighted by atomic mass is 10.0. The maximum Gasteiger partial charge on any atom is 0.193 e. The lowest BCUT2D eigenvalue weighted by Crippen LogP contribution is -2.44. The highest BCUT2D eigenvalue weighted by molar-refractivity contribution is 5.80. The van der Waals surface area contributed by atoms with E-state index < -0.39 is 0 Å². The summed E-state index contributed by atoms with van der Waals surface area (Å²) < 4.78 is 0. The molecule has 0 aromatic carbocycles. The number of rotatable bonds is 8. The predicted octanol–water partition coefficient (Wildman–Crippen LogP) is 2.49. The second kappa shape index (κ2) is 11.0. The molecule has 2 saturated heterocycles. The topological polar surface area (TPSA) is 34.1 Å². The Morgan fingerprint density at radius 2 is 1.88 bits per heavy atom. The highest BCUT2D eigenvalue weighted by Gasteiger charge is 2.27. The van der Waals surface area contributed by atoms with Crippen LogP contribution in [0.5, 0.6) is 0 Å². The van der Waals surface area contributed by atoms with E-state index in [2.05, 4.69) is 47.7 Å². The van der Waals surface area contributed by atoms with Crippen molar-refractivity contribution < 1.29 is 0 Å². The van der Waals surface area contributed by atoms with Gasteiger partial charge in [0, 0.05) is 32.2 Å². The number of likely N-dealkylation sites (tertiary alicyclic amines) is 2. The zero-order valence-electron chi connectivity index (χ0n) is 17.1. The van der Waals surface area contributed by atoms with Gasteiger partial charge in [-0.3, -0.25) is 9.89 Å². The van der Waals surface area contributed by atoms with E-state index in [4.69, 9.17) is 4.99 Å². The molecule has 0 spiro atoms. The number of likely N-dealkylation sites (N-methyl/N-ethyl adjacent to an activating group) is 1. The molecule has 0 bridgehead atoms. The second-order valence-corrected chi connectivity index (χ2v) is 7.56. The van der Waals surface area contributed by atoms with Crippen LogP contribution in [-0.4, -0.2) is 85.6 Å². The van der Waals surface area contributed by atoms with Gasteiger partial charge in [-0.25, -0.2) is 0 Å². The van der Waals surface area contributed by atoms with Crippen molar-refractivity contribution >= 4 is 5.96 Å². The fourth-order valence-electron chi connectivity index (χ4n) is 4.32. The molecule has 2 heterocycles. The van der Waals surface area contributed by atoms with Crippen LogP contribution in [0.2, 0.25) is 0 Å². The molecule has 2 atom stereocenters. The van der Waals surface area contributed by atoms with Gasteiger partial charge < -0.3 is 15.1 Å². The molecule has 2 fully saturated rings. The van der Waals surface area contributed by atoms with Crippen LogP contribution in [-0.2, 0) is 0 Å². The van der Waals surface area contributed by atoms with Gasteiger partial charge in [0.25, 0.3) is 0 Å². The average molecular weight is 352 g/mol. The standard InChI is InChI=1S/C20H41N5/c1-5-21-20(22-15-19-11-9-10-13-24(19)8-4)25-14-12-18(17-25)16-23(6-2)7-3/h18-19H,5-17H2,1-4H3,(H,21,22). The predicted molar refractivity (Wildman–Crippen MR) is 108 cm³/mol. The van der Waals surface area contributed by atoms with Gasteiger partial charge in [0.2, 0.25) is 0 Å². The van der Waals surface area contributed by atoms with E-state index in [1.807, 2.05) is 0 Å². The van der Waals surface area contributed by atoms with E-state index in [1.54, 1.807) is 0 Å². The number of hydrogen-bond acceptors (Lipinski definition) is 3. The molecule has 0 radical (unpaired) electrons. The summed E-state index contributed by atoms with van der Waals surface area (Å²) in [6.07, 6.45) is 5.32. The van der Waals surface area contributed by atoms with Crippen LogP contribution in [0.1, 0.15) is 53.4 Å². The molecule has 2 aliphatic heterocycles. The zero-order valence-corrected chi connectivity index (χ0v) is 17.1. The molecule has 1 N–H and O–H groups in total. The van der Waals surface area contributed by atoms with Crippen LogP contribution in [0.15, 0.2) is 4.99 Å². The van der Waals surface area contributed by atoms with Crippen molar-refractivity contribution in [2.75, 3.05) is 58.9 Å². The second-order valence-electron chi connectivity index (χ2n) is 7.56. The smallest absolute Gasteiger partial charge is 0.193 e. The third kappa shape index (κ3) is 6.14. The van der Waals surface area contributed by atoms with Crippen molar-refractivity contribution in [3.05, 3.63) is 0 Å². The number of hydrogen-bond donors (Lipinski definition) is 1. The zero-order chi connectivity index (χ0) is 18.1. The van der Waals surface area contributed by atoms with E-state index in [0.29, 0.717) is 6.04 Å². The van der Waals surface area contributed by atoms with Crippen LogP contribution in [0, 0.1) is 5.92 Å². The number of guanidine groups is 1. The van der Waals surface area contributed by atoms with Gasteiger partial charge in [0.05, 0.1) is 6.54 Å². The molecule has 0 saturated carbocycles. The summed E-state index contributed by atoms with van der Waals surface area (Å²) in [4.78, 5) is 12.7. The quantitative estimate of drug-likeness (QED) is 0.538. The van der Waals surface area contributed by atoms with Crippen LogP contribution >= 0.6 is 0 Å². The highest BCUT2D eigenvalue weighted by Crippen LogP contribution is 2.19. The van der Waals surface area contributed by atoms with E-state index in [-0.39, 0.29) is 0 Å². The minimum atomic E-state index is 0.640. The van der Waals surface area contributed by atoms with Crippen molar-refractivity contribution in [2.24, 2.45) is 10.9 Å². The Morgan fingerprint density at radius 3 is 2.56 bits per heavy atom. The summed E-state index contributed by atoms with van der Waals surface area (Å²) in [5.41, 5.74) is 0. The van der Waals surface area contributed by atoms with Crippen LogP contribution in [0.3, 0.4) is 0 Å². The Labute approximate surface area is 155 Å². The number of nitrogens with zero attached hydrogens (tertiary/aromatic N) is 4. The number of piperidine rings is 1. The largest absolute Gasteiger partial charge is 0.357 e. The van der Waals surface area contributed by atoms with Crippen molar-refractivity contribution in [1.82, 2.24) is 20.0 Å². The van der Waals surface area contributed by atoms with E-state index in [9.17, 15) is 0 Å². The molecule has 0 amide bonds. The molecule has 0 aromatic rings. The maximum atomic E-state index is 5.05. The Bertz CT molecular complexity index is 394. The van der Waals surface area contributed by atoms with Crippen molar-refractivity contribution in [2.45, 2.75) is 59.4 Å². The molecular weight excluding hydrogens is 310 g/mol. The third-order valence-electron chi connectivity index (χ3n) is 5.94. The van der Waals surface area contributed by atoms with E-state index in [0.717, 1.165) is 57.7 Å². The van der Waals surface area contributed by atoms with Crippen LogP contribution in [0.4, 0.5) is 0 Å².